The van der Waals surface area contributed by atoms with Gasteiger partial charge in [-0.15, -0.1) is 0 Å². The number of benzene rings is 1. The molecule has 166 valence electrons. The summed E-state index contributed by atoms with van der Waals surface area (Å²) in [5.41, 5.74) is 4.78. The lowest BCUT2D eigenvalue weighted by Gasteiger charge is -2.23. The maximum absolute atomic E-state index is 10.4. The molecular weight excluding hydrogens is 376 g/mol. The number of hydrogen-bond acceptors (Lipinski definition) is 5. The van der Waals surface area contributed by atoms with E-state index in [1.54, 1.807) is 0 Å². The third-order valence-corrected chi connectivity index (χ3v) is 5.97. The zero-order valence-electron chi connectivity index (χ0n) is 18.9. The topological polar surface area (TPSA) is 62.6 Å². The standard InChI is InChI=1S/C24H38N4O2/c1-4-28-20(3)24(19(2)26-28)16-25-15-21-10-9-11-23(14-21)30-18-22(29)17-27-12-7-5-6-8-13-27/h9-11,14,22,25,29H,4-8,12-13,15-18H2,1-3H3/t22-/m0/s1. The fourth-order valence-electron chi connectivity index (χ4n) is 4.24. The van der Waals surface area contributed by atoms with Gasteiger partial charge in [-0.25, -0.2) is 0 Å². The van der Waals surface area contributed by atoms with E-state index in [0.717, 1.165) is 44.2 Å². The van der Waals surface area contributed by atoms with E-state index >= 15 is 0 Å². The molecule has 3 rings (SSSR count). The van der Waals surface area contributed by atoms with Gasteiger partial charge in [-0.2, -0.15) is 5.10 Å². The second kappa shape index (κ2) is 11.5. The summed E-state index contributed by atoms with van der Waals surface area (Å²) in [5.74, 6) is 0.815. The van der Waals surface area contributed by atoms with Gasteiger partial charge < -0.3 is 20.1 Å². The zero-order chi connectivity index (χ0) is 21.3. The molecule has 1 saturated heterocycles. The number of hydrogen-bond donors (Lipinski definition) is 2. The number of nitrogens with one attached hydrogen (secondary N) is 1. The Bertz CT molecular complexity index is 782. The minimum absolute atomic E-state index is 0.335. The molecule has 0 spiro atoms. The monoisotopic (exact) mass is 414 g/mol. The van der Waals surface area contributed by atoms with E-state index in [9.17, 15) is 5.11 Å². The van der Waals surface area contributed by atoms with Gasteiger partial charge in [0.1, 0.15) is 18.5 Å². The van der Waals surface area contributed by atoms with Crippen LogP contribution in [0.2, 0.25) is 0 Å². The quantitative estimate of drug-likeness (QED) is 0.624. The van der Waals surface area contributed by atoms with Crippen LogP contribution in [-0.2, 0) is 19.6 Å². The van der Waals surface area contributed by atoms with E-state index in [0.29, 0.717) is 13.2 Å². The van der Waals surface area contributed by atoms with Crippen LogP contribution in [-0.4, -0.2) is 52.1 Å². The number of aromatic nitrogens is 2. The van der Waals surface area contributed by atoms with Crippen LogP contribution < -0.4 is 10.1 Å². The Kier molecular flexibility index (Phi) is 8.73. The molecule has 0 radical (unpaired) electrons. The van der Waals surface area contributed by atoms with E-state index < -0.39 is 6.10 Å². The lowest BCUT2D eigenvalue weighted by Crippen LogP contribution is -2.36. The molecule has 0 amide bonds. The summed E-state index contributed by atoms with van der Waals surface area (Å²) in [5, 5.41) is 18.5. The Hall–Kier alpha value is -1.89. The maximum Gasteiger partial charge on any atom is 0.119 e. The first kappa shape index (κ1) is 22.8. The molecule has 1 fully saturated rings. The Labute approximate surface area is 181 Å². The first-order valence-corrected chi connectivity index (χ1v) is 11.4. The van der Waals surface area contributed by atoms with Crippen molar-refractivity contribution < 1.29 is 9.84 Å². The van der Waals surface area contributed by atoms with Gasteiger partial charge in [-0.05, 0) is 64.4 Å². The second-order valence-electron chi connectivity index (χ2n) is 8.40. The summed E-state index contributed by atoms with van der Waals surface area (Å²) in [6.45, 7) is 12.0. The largest absolute Gasteiger partial charge is 0.491 e. The van der Waals surface area contributed by atoms with Gasteiger partial charge in [-0.3, -0.25) is 4.68 Å². The number of nitrogens with zero attached hydrogens (tertiary/aromatic N) is 3. The van der Waals surface area contributed by atoms with Crippen LogP contribution in [0.4, 0.5) is 0 Å². The van der Waals surface area contributed by atoms with Crippen LogP contribution in [0.25, 0.3) is 0 Å². The van der Waals surface area contributed by atoms with Crippen molar-refractivity contribution in [1.82, 2.24) is 20.0 Å². The summed E-state index contributed by atoms with van der Waals surface area (Å²) in [7, 11) is 0. The molecule has 6 heteroatoms. The van der Waals surface area contributed by atoms with Crippen molar-refractivity contribution in [1.29, 1.82) is 0 Å². The molecule has 2 heterocycles. The van der Waals surface area contributed by atoms with E-state index in [2.05, 4.69) is 52.9 Å². The molecule has 2 aromatic rings. The molecule has 1 aliphatic heterocycles. The number of likely N-dealkylation sites (tertiary alicyclic amines) is 1. The number of aliphatic hydroxyl groups is 1. The van der Waals surface area contributed by atoms with Gasteiger partial charge in [0, 0.05) is 37.4 Å². The van der Waals surface area contributed by atoms with Crippen molar-refractivity contribution in [2.75, 3.05) is 26.2 Å². The van der Waals surface area contributed by atoms with Crippen molar-refractivity contribution in [3.05, 3.63) is 46.8 Å². The van der Waals surface area contributed by atoms with Gasteiger partial charge in [0.2, 0.25) is 0 Å². The smallest absolute Gasteiger partial charge is 0.119 e. The molecule has 1 aromatic carbocycles. The number of aliphatic hydroxyl groups excluding tert-OH is 1. The molecule has 1 aromatic heterocycles. The predicted octanol–water partition coefficient (Wildman–Crippen LogP) is 3.43. The molecule has 1 atom stereocenters. The fraction of sp³-hybridized carbons (Fsp3) is 0.625. The van der Waals surface area contributed by atoms with E-state index in [1.807, 2.05) is 12.1 Å². The van der Waals surface area contributed by atoms with Crippen molar-refractivity contribution >= 4 is 0 Å². The van der Waals surface area contributed by atoms with Gasteiger partial charge >= 0.3 is 0 Å². The van der Waals surface area contributed by atoms with Crippen LogP contribution in [0.3, 0.4) is 0 Å². The van der Waals surface area contributed by atoms with Crippen LogP contribution in [0.1, 0.15) is 55.1 Å². The van der Waals surface area contributed by atoms with Crippen LogP contribution in [0.5, 0.6) is 5.75 Å². The molecule has 30 heavy (non-hydrogen) atoms. The highest BCUT2D eigenvalue weighted by molar-refractivity contribution is 5.29. The third-order valence-electron chi connectivity index (χ3n) is 5.97. The summed E-state index contributed by atoms with van der Waals surface area (Å²) in [4.78, 5) is 2.37. The maximum atomic E-state index is 10.4. The van der Waals surface area contributed by atoms with Crippen molar-refractivity contribution in [2.45, 2.75) is 72.2 Å². The molecule has 0 saturated carbocycles. The Morgan fingerprint density at radius 2 is 1.90 bits per heavy atom. The number of aryl methyl sites for hydroxylation is 2. The highest BCUT2D eigenvalue weighted by Gasteiger charge is 2.14. The SMILES string of the molecule is CCn1nc(C)c(CNCc2cccc(OC[C@@H](O)CN3CCCCCC3)c2)c1C. The van der Waals surface area contributed by atoms with Crippen molar-refractivity contribution in [3.63, 3.8) is 0 Å². The Balaban J connectivity index is 1.44. The predicted molar refractivity (Wildman–Crippen MR) is 121 cm³/mol. The summed E-state index contributed by atoms with van der Waals surface area (Å²) in [6, 6.07) is 8.13. The minimum Gasteiger partial charge on any atom is -0.491 e. The molecular formula is C24H38N4O2. The van der Waals surface area contributed by atoms with Gasteiger partial charge in [0.15, 0.2) is 0 Å². The van der Waals surface area contributed by atoms with E-state index in [-0.39, 0.29) is 0 Å². The molecule has 6 nitrogen and oxygen atoms in total. The highest BCUT2D eigenvalue weighted by atomic mass is 16.5. The van der Waals surface area contributed by atoms with Crippen molar-refractivity contribution in [2.24, 2.45) is 0 Å². The van der Waals surface area contributed by atoms with Crippen molar-refractivity contribution in [3.8, 4) is 5.75 Å². The van der Waals surface area contributed by atoms with E-state index in [1.165, 1.54) is 42.5 Å². The second-order valence-corrected chi connectivity index (χ2v) is 8.40. The zero-order valence-corrected chi connectivity index (χ0v) is 18.9. The van der Waals surface area contributed by atoms with E-state index in [4.69, 9.17) is 4.74 Å². The number of ether oxygens (including phenoxy) is 1. The molecule has 0 bridgehead atoms. The van der Waals surface area contributed by atoms with Gasteiger partial charge in [0.05, 0.1) is 5.69 Å². The molecule has 0 aliphatic carbocycles. The summed E-state index contributed by atoms with van der Waals surface area (Å²) >= 11 is 0. The molecule has 0 unspecified atom stereocenters. The Morgan fingerprint density at radius 3 is 2.60 bits per heavy atom. The lowest BCUT2D eigenvalue weighted by atomic mass is 10.1. The average Bonchev–Trinajstić information content (AvgIpc) is 2.91. The average molecular weight is 415 g/mol. The minimum atomic E-state index is -0.453. The highest BCUT2D eigenvalue weighted by Crippen LogP contribution is 2.16. The fourth-order valence-corrected chi connectivity index (χ4v) is 4.24. The summed E-state index contributed by atoms with van der Waals surface area (Å²) < 4.78 is 7.94. The van der Waals surface area contributed by atoms with Gasteiger partial charge in [-0.1, -0.05) is 25.0 Å². The summed E-state index contributed by atoms with van der Waals surface area (Å²) in [6.07, 6.45) is 4.64. The van der Waals surface area contributed by atoms with Crippen LogP contribution in [0.15, 0.2) is 24.3 Å². The first-order valence-electron chi connectivity index (χ1n) is 11.4. The molecule has 1 aliphatic rings. The first-order chi connectivity index (χ1) is 14.6. The normalized spacial score (nSPS) is 16.4. The number of β-amino-alcohol motifs (C(OH)–C–C–N with tert-alkyl or cyclic N) is 1. The lowest BCUT2D eigenvalue weighted by molar-refractivity contribution is 0.0693. The van der Waals surface area contributed by atoms with Crippen LogP contribution >= 0.6 is 0 Å². The third kappa shape index (κ3) is 6.56. The van der Waals surface area contributed by atoms with Crippen LogP contribution in [0, 0.1) is 13.8 Å². The number of rotatable bonds is 10. The Morgan fingerprint density at radius 1 is 1.13 bits per heavy atom. The van der Waals surface area contributed by atoms with Gasteiger partial charge in [0.25, 0.3) is 0 Å². The molecule has 2 N–H and O–H groups in total.